The van der Waals surface area contributed by atoms with Gasteiger partial charge >= 0.3 is 6.03 Å². The molecule has 1 aromatic heterocycles. The third-order valence-corrected chi connectivity index (χ3v) is 4.39. The zero-order valence-electron chi connectivity index (χ0n) is 14.1. The first-order valence-electron chi connectivity index (χ1n) is 8.71. The number of carbonyl (C=O) groups excluding carboxylic acids is 1. The molecule has 5 nitrogen and oxygen atoms in total. The predicted octanol–water partition coefficient (Wildman–Crippen LogP) is 4.29. The molecule has 1 saturated carbocycles. The lowest BCUT2D eigenvalue weighted by Crippen LogP contribution is -2.39. The molecule has 0 saturated heterocycles. The van der Waals surface area contributed by atoms with E-state index in [0.29, 0.717) is 17.9 Å². The fourth-order valence-electron chi connectivity index (χ4n) is 3.00. The van der Waals surface area contributed by atoms with Gasteiger partial charge in [-0.25, -0.2) is 14.2 Å². The molecular formula is C19H23FN4O. The molecule has 1 aliphatic carbocycles. The largest absolute Gasteiger partial charge is 0.380 e. The van der Waals surface area contributed by atoms with Crippen LogP contribution in [0.1, 0.15) is 37.7 Å². The fourth-order valence-corrected chi connectivity index (χ4v) is 3.00. The summed E-state index contributed by atoms with van der Waals surface area (Å²) in [7, 11) is 0. The van der Waals surface area contributed by atoms with E-state index in [0.717, 1.165) is 18.5 Å². The smallest absolute Gasteiger partial charge is 0.320 e. The molecule has 132 valence electrons. The maximum atomic E-state index is 13.6. The van der Waals surface area contributed by atoms with Crippen LogP contribution >= 0.6 is 0 Å². The zero-order chi connectivity index (χ0) is 17.5. The van der Waals surface area contributed by atoms with Crippen molar-refractivity contribution in [2.75, 3.05) is 10.6 Å². The summed E-state index contributed by atoms with van der Waals surface area (Å²) < 4.78 is 13.6. The Morgan fingerprint density at radius 1 is 1.12 bits per heavy atom. The van der Waals surface area contributed by atoms with Gasteiger partial charge in [-0.15, -0.1) is 0 Å². The predicted molar refractivity (Wildman–Crippen MR) is 97.0 cm³/mol. The second kappa shape index (κ2) is 8.46. The molecule has 0 atom stereocenters. The van der Waals surface area contributed by atoms with Gasteiger partial charge in [0, 0.05) is 18.2 Å². The Morgan fingerprint density at radius 2 is 1.92 bits per heavy atom. The Balaban J connectivity index is 1.48. The van der Waals surface area contributed by atoms with E-state index in [9.17, 15) is 9.18 Å². The van der Waals surface area contributed by atoms with E-state index in [2.05, 4.69) is 20.9 Å². The average Bonchev–Trinajstić information content (AvgIpc) is 2.63. The molecule has 0 aliphatic heterocycles. The van der Waals surface area contributed by atoms with Crippen LogP contribution in [0, 0.1) is 5.82 Å². The molecule has 3 rings (SSSR count). The lowest BCUT2D eigenvalue weighted by molar-refractivity contribution is 0.244. The summed E-state index contributed by atoms with van der Waals surface area (Å²) in [5.41, 5.74) is 1.36. The number of amides is 2. The summed E-state index contributed by atoms with van der Waals surface area (Å²) in [4.78, 5) is 16.2. The van der Waals surface area contributed by atoms with Crippen molar-refractivity contribution in [2.45, 2.75) is 44.7 Å². The van der Waals surface area contributed by atoms with Crippen LogP contribution in [0.5, 0.6) is 0 Å². The Bertz CT molecular complexity index is 699. The molecule has 1 aliphatic rings. The maximum Gasteiger partial charge on any atom is 0.320 e. The van der Waals surface area contributed by atoms with Gasteiger partial charge in [0.15, 0.2) is 0 Å². The quantitative estimate of drug-likeness (QED) is 0.759. The second-order valence-corrected chi connectivity index (χ2v) is 6.31. The van der Waals surface area contributed by atoms with Gasteiger partial charge in [-0.1, -0.05) is 37.5 Å². The van der Waals surface area contributed by atoms with Gasteiger partial charge in [-0.3, -0.25) is 5.32 Å². The molecule has 25 heavy (non-hydrogen) atoms. The molecule has 1 heterocycles. The van der Waals surface area contributed by atoms with Crippen LogP contribution in [0.2, 0.25) is 0 Å². The van der Waals surface area contributed by atoms with Crippen molar-refractivity contribution < 1.29 is 9.18 Å². The van der Waals surface area contributed by atoms with E-state index < -0.39 is 0 Å². The first-order chi connectivity index (χ1) is 12.2. The summed E-state index contributed by atoms with van der Waals surface area (Å²) in [5.74, 6) is 0.255. The molecule has 0 bridgehead atoms. The van der Waals surface area contributed by atoms with E-state index >= 15 is 0 Å². The van der Waals surface area contributed by atoms with Gasteiger partial charge in [0.05, 0.1) is 11.9 Å². The number of hydrogen-bond donors (Lipinski definition) is 3. The van der Waals surface area contributed by atoms with Crippen LogP contribution in [0.15, 0.2) is 42.6 Å². The van der Waals surface area contributed by atoms with Gasteiger partial charge in [-0.2, -0.15) is 0 Å². The third-order valence-electron chi connectivity index (χ3n) is 4.39. The minimum atomic E-state index is -0.236. The summed E-state index contributed by atoms with van der Waals surface area (Å²) >= 11 is 0. The molecule has 1 aromatic carbocycles. The van der Waals surface area contributed by atoms with Crippen molar-refractivity contribution in [1.29, 1.82) is 0 Å². The van der Waals surface area contributed by atoms with Crippen LogP contribution in [0.25, 0.3) is 0 Å². The zero-order valence-corrected chi connectivity index (χ0v) is 14.1. The summed E-state index contributed by atoms with van der Waals surface area (Å²) in [6.45, 7) is 0.378. The minimum Gasteiger partial charge on any atom is -0.380 e. The van der Waals surface area contributed by atoms with Gasteiger partial charge in [0.2, 0.25) is 0 Å². The highest BCUT2D eigenvalue weighted by molar-refractivity contribution is 5.88. The van der Waals surface area contributed by atoms with Crippen molar-refractivity contribution in [3.63, 3.8) is 0 Å². The number of aromatic nitrogens is 1. The molecule has 3 N–H and O–H groups in total. The van der Waals surface area contributed by atoms with Crippen molar-refractivity contribution in [2.24, 2.45) is 0 Å². The molecule has 2 aromatic rings. The molecular weight excluding hydrogens is 319 g/mol. The van der Waals surface area contributed by atoms with E-state index in [4.69, 9.17) is 0 Å². The Kier molecular flexibility index (Phi) is 5.82. The van der Waals surface area contributed by atoms with Crippen LogP contribution in [-0.4, -0.2) is 17.1 Å². The van der Waals surface area contributed by atoms with Crippen molar-refractivity contribution in [3.05, 3.63) is 54.0 Å². The van der Waals surface area contributed by atoms with Gasteiger partial charge in [0.1, 0.15) is 11.6 Å². The third kappa shape index (κ3) is 5.17. The van der Waals surface area contributed by atoms with Gasteiger partial charge in [0.25, 0.3) is 0 Å². The number of urea groups is 1. The summed E-state index contributed by atoms with van der Waals surface area (Å²) in [6, 6.07) is 10.2. The van der Waals surface area contributed by atoms with Crippen LogP contribution in [0.3, 0.4) is 0 Å². The summed E-state index contributed by atoms with van der Waals surface area (Å²) in [6.07, 6.45) is 7.30. The maximum absolute atomic E-state index is 13.6. The minimum absolute atomic E-state index is 0.216. The molecule has 0 radical (unpaired) electrons. The molecule has 6 heteroatoms. The van der Waals surface area contributed by atoms with E-state index in [1.54, 1.807) is 30.5 Å². The normalized spacial score (nSPS) is 14.8. The monoisotopic (exact) mass is 342 g/mol. The number of anilines is 2. The molecule has 2 amide bonds. The fraction of sp³-hybridized carbons (Fsp3) is 0.368. The van der Waals surface area contributed by atoms with Crippen LogP contribution in [0.4, 0.5) is 20.7 Å². The lowest BCUT2D eigenvalue weighted by Gasteiger charge is -2.22. The number of nitrogens with zero attached hydrogens (tertiary/aromatic N) is 1. The standard InChI is InChI=1S/C19H23FN4O/c20-17-9-5-4-6-14(17)12-21-16-10-11-18(22-13-16)24-19(25)23-15-7-2-1-3-8-15/h4-6,9-11,13,15,21H,1-3,7-8,12H2,(H2,22,23,24,25). The van der Waals surface area contributed by atoms with Crippen molar-refractivity contribution in [1.82, 2.24) is 10.3 Å². The van der Waals surface area contributed by atoms with E-state index in [1.165, 1.54) is 25.3 Å². The van der Waals surface area contributed by atoms with Crippen molar-refractivity contribution in [3.8, 4) is 0 Å². The SMILES string of the molecule is O=C(Nc1ccc(NCc2ccccc2F)cn1)NC1CCCCC1. The Hall–Kier alpha value is -2.63. The first-order valence-corrected chi connectivity index (χ1v) is 8.71. The number of pyridine rings is 1. The van der Waals surface area contributed by atoms with Crippen LogP contribution < -0.4 is 16.0 Å². The average molecular weight is 342 g/mol. The van der Waals surface area contributed by atoms with Crippen LogP contribution in [-0.2, 0) is 6.54 Å². The number of halogens is 1. The molecule has 0 unspecified atom stereocenters. The number of benzene rings is 1. The lowest BCUT2D eigenvalue weighted by atomic mass is 9.96. The van der Waals surface area contributed by atoms with E-state index in [-0.39, 0.29) is 17.9 Å². The molecule has 1 fully saturated rings. The number of carbonyl (C=O) groups is 1. The Morgan fingerprint density at radius 3 is 2.64 bits per heavy atom. The second-order valence-electron chi connectivity index (χ2n) is 6.31. The Labute approximate surface area is 147 Å². The van der Waals surface area contributed by atoms with Crippen molar-refractivity contribution >= 4 is 17.5 Å². The topological polar surface area (TPSA) is 66.0 Å². The van der Waals surface area contributed by atoms with Gasteiger partial charge < -0.3 is 10.6 Å². The molecule has 0 spiro atoms. The highest BCUT2D eigenvalue weighted by Crippen LogP contribution is 2.18. The highest BCUT2D eigenvalue weighted by Gasteiger charge is 2.15. The first kappa shape index (κ1) is 17.2. The van der Waals surface area contributed by atoms with Gasteiger partial charge in [-0.05, 0) is 31.0 Å². The van der Waals surface area contributed by atoms with E-state index in [1.807, 2.05) is 6.07 Å². The number of nitrogens with one attached hydrogen (secondary N) is 3. The highest BCUT2D eigenvalue weighted by atomic mass is 19.1. The number of hydrogen-bond acceptors (Lipinski definition) is 3. The summed E-state index contributed by atoms with van der Waals surface area (Å²) in [5, 5.41) is 8.86. The number of rotatable bonds is 5.